The lowest BCUT2D eigenvalue weighted by molar-refractivity contribution is 0.300. The van der Waals surface area contributed by atoms with Gasteiger partial charge in [-0.25, -0.2) is 4.98 Å². The molecule has 3 atom stereocenters. The maximum Gasteiger partial charge on any atom is 0.0949 e. The lowest BCUT2D eigenvalue weighted by Gasteiger charge is -2.29. The summed E-state index contributed by atoms with van der Waals surface area (Å²) in [7, 11) is 0. The highest BCUT2D eigenvalue weighted by molar-refractivity contribution is 4.93. The molecule has 1 heterocycles. The molecule has 1 aliphatic carbocycles. The fourth-order valence-electron chi connectivity index (χ4n) is 3.01. The lowest BCUT2D eigenvalue weighted by Crippen LogP contribution is -2.43. The monoisotopic (exact) mass is 235 g/mol. The molecule has 3 nitrogen and oxygen atoms in total. The predicted molar refractivity (Wildman–Crippen MR) is 71.0 cm³/mol. The van der Waals surface area contributed by atoms with Crippen molar-refractivity contribution in [3.8, 4) is 0 Å². The minimum absolute atomic E-state index is 0.602. The second-order valence-electron chi connectivity index (χ2n) is 5.54. The van der Waals surface area contributed by atoms with Crippen molar-refractivity contribution < 1.29 is 0 Å². The van der Waals surface area contributed by atoms with Gasteiger partial charge in [0.2, 0.25) is 0 Å². The fraction of sp³-hybridized carbons (Fsp3) is 0.786. The Morgan fingerprint density at radius 2 is 2.24 bits per heavy atom. The zero-order valence-electron chi connectivity index (χ0n) is 11.3. The number of imidazole rings is 1. The summed E-state index contributed by atoms with van der Waals surface area (Å²) in [4.78, 5) is 4.17. The molecule has 0 spiro atoms. The van der Waals surface area contributed by atoms with E-state index in [2.05, 4.69) is 41.8 Å². The van der Waals surface area contributed by atoms with E-state index in [1.54, 1.807) is 0 Å². The SMILES string of the molecule is CCC(NC1CCCC1n1ccnc1)C(C)C. The summed E-state index contributed by atoms with van der Waals surface area (Å²) in [5.74, 6) is 0.712. The van der Waals surface area contributed by atoms with Crippen LogP contribution in [0.1, 0.15) is 52.5 Å². The van der Waals surface area contributed by atoms with E-state index >= 15 is 0 Å². The van der Waals surface area contributed by atoms with Crippen molar-refractivity contribution in [3.63, 3.8) is 0 Å². The molecule has 1 aromatic heterocycles. The van der Waals surface area contributed by atoms with Gasteiger partial charge >= 0.3 is 0 Å². The second-order valence-corrected chi connectivity index (χ2v) is 5.54. The van der Waals surface area contributed by atoms with Gasteiger partial charge in [-0.2, -0.15) is 0 Å². The summed E-state index contributed by atoms with van der Waals surface area (Å²) in [6.07, 6.45) is 11.1. The van der Waals surface area contributed by atoms with E-state index in [9.17, 15) is 0 Å². The molecule has 1 fully saturated rings. The maximum absolute atomic E-state index is 4.17. The quantitative estimate of drug-likeness (QED) is 0.850. The lowest BCUT2D eigenvalue weighted by atomic mass is 9.99. The number of hydrogen-bond acceptors (Lipinski definition) is 2. The molecule has 0 aromatic carbocycles. The molecule has 3 heteroatoms. The Morgan fingerprint density at radius 3 is 2.82 bits per heavy atom. The molecule has 2 rings (SSSR count). The summed E-state index contributed by atoms with van der Waals surface area (Å²) >= 11 is 0. The first-order valence-corrected chi connectivity index (χ1v) is 6.95. The van der Waals surface area contributed by atoms with Crippen LogP contribution in [0.3, 0.4) is 0 Å². The summed E-state index contributed by atoms with van der Waals surface area (Å²) in [6.45, 7) is 6.89. The van der Waals surface area contributed by atoms with Crippen molar-refractivity contribution in [1.82, 2.24) is 14.9 Å². The van der Waals surface area contributed by atoms with E-state index in [0.29, 0.717) is 24.0 Å². The summed E-state index contributed by atoms with van der Waals surface area (Å²) in [5, 5.41) is 3.85. The third-order valence-corrected chi connectivity index (χ3v) is 4.06. The van der Waals surface area contributed by atoms with E-state index in [0.717, 1.165) is 0 Å². The van der Waals surface area contributed by atoms with Gasteiger partial charge in [-0.05, 0) is 31.6 Å². The van der Waals surface area contributed by atoms with Gasteiger partial charge < -0.3 is 9.88 Å². The molecule has 1 aromatic rings. The number of nitrogens with zero attached hydrogens (tertiary/aromatic N) is 2. The van der Waals surface area contributed by atoms with Gasteiger partial charge in [0.15, 0.2) is 0 Å². The summed E-state index contributed by atoms with van der Waals surface area (Å²) < 4.78 is 2.28. The van der Waals surface area contributed by atoms with Gasteiger partial charge in [0.1, 0.15) is 0 Å². The van der Waals surface area contributed by atoms with Crippen LogP contribution in [0.15, 0.2) is 18.7 Å². The minimum Gasteiger partial charge on any atom is -0.333 e. The molecule has 1 saturated carbocycles. The van der Waals surface area contributed by atoms with Crippen LogP contribution < -0.4 is 5.32 Å². The number of nitrogens with one attached hydrogen (secondary N) is 1. The Morgan fingerprint density at radius 1 is 1.41 bits per heavy atom. The molecule has 17 heavy (non-hydrogen) atoms. The van der Waals surface area contributed by atoms with Crippen LogP contribution in [0, 0.1) is 5.92 Å². The highest BCUT2D eigenvalue weighted by Crippen LogP contribution is 2.30. The largest absolute Gasteiger partial charge is 0.333 e. The van der Waals surface area contributed by atoms with E-state index in [1.165, 1.54) is 25.7 Å². The van der Waals surface area contributed by atoms with Gasteiger partial charge in [0.25, 0.3) is 0 Å². The van der Waals surface area contributed by atoms with Crippen LogP contribution in [0.25, 0.3) is 0 Å². The van der Waals surface area contributed by atoms with E-state index in [-0.39, 0.29) is 0 Å². The normalized spacial score (nSPS) is 26.6. The van der Waals surface area contributed by atoms with Crippen molar-refractivity contribution in [2.75, 3.05) is 0 Å². The average Bonchev–Trinajstić information content (AvgIpc) is 2.95. The Bertz CT molecular complexity index is 318. The molecule has 0 saturated heterocycles. The van der Waals surface area contributed by atoms with E-state index in [1.807, 2.05) is 12.5 Å². The minimum atomic E-state index is 0.602. The first-order chi connectivity index (χ1) is 8.22. The third kappa shape index (κ3) is 2.89. The van der Waals surface area contributed by atoms with E-state index in [4.69, 9.17) is 0 Å². The highest BCUT2D eigenvalue weighted by Gasteiger charge is 2.30. The first kappa shape index (κ1) is 12.6. The Labute approximate surface area is 105 Å². The van der Waals surface area contributed by atoms with Crippen molar-refractivity contribution in [3.05, 3.63) is 18.7 Å². The van der Waals surface area contributed by atoms with Gasteiger partial charge in [-0.15, -0.1) is 0 Å². The Kier molecular flexibility index (Phi) is 4.21. The van der Waals surface area contributed by atoms with Gasteiger partial charge in [-0.1, -0.05) is 20.8 Å². The van der Waals surface area contributed by atoms with Gasteiger partial charge in [0, 0.05) is 30.5 Å². The van der Waals surface area contributed by atoms with Crippen LogP contribution >= 0.6 is 0 Å². The zero-order chi connectivity index (χ0) is 12.3. The number of hydrogen-bond donors (Lipinski definition) is 1. The number of aromatic nitrogens is 2. The van der Waals surface area contributed by atoms with Crippen LogP contribution in [-0.4, -0.2) is 21.6 Å². The Hall–Kier alpha value is -0.830. The molecule has 1 aliphatic rings. The molecule has 0 radical (unpaired) electrons. The maximum atomic E-state index is 4.17. The highest BCUT2D eigenvalue weighted by atomic mass is 15.1. The van der Waals surface area contributed by atoms with Gasteiger partial charge in [-0.3, -0.25) is 0 Å². The van der Waals surface area contributed by atoms with Crippen LogP contribution in [0.5, 0.6) is 0 Å². The van der Waals surface area contributed by atoms with Crippen molar-refractivity contribution in [2.45, 2.75) is 64.6 Å². The molecular weight excluding hydrogens is 210 g/mol. The van der Waals surface area contributed by atoms with Crippen LogP contribution in [-0.2, 0) is 0 Å². The molecule has 3 unspecified atom stereocenters. The summed E-state index contributed by atoms with van der Waals surface area (Å²) in [6, 6.07) is 1.87. The second kappa shape index (κ2) is 5.67. The zero-order valence-corrected chi connectivity index (χ0v) is 11.3. The van der Waals surface area contributed by atoms with Gasteiger partial charge in [0.05, 0.1) is 6.33 Å². The van der Waals surface area contributed by atoms with Crippen LogP contribution in [0.2, 0.25) is 0 Å². The number of rotatable bonds is 5. The van der Waals surface area contributed by atoms with Crippen molar-refractivity contribution in [1.29, 1.82) is 0 Å². The topological polar surface area (TPSA) is 29.9 Å². The predicted octanol–water partition coefficient (Wildman–Crippen LogP) is 3.00. The molecule has 1 N–H and O–H groups in total. The van der Waals surface area contributed by atoms with E-state index < -0.39 is 0 Å². The van der Waals surface area contributed by atoms with Crippen LogP contribution in [0.4, 0.5) is 0 Å². The van der Waals surface area contributed by atoms with Crippen molar-refractivity contribution in [2.24, 2.45) is 5.92 Å². The first-order valence-electron chi connectivity index (χ1n) is 6.95. The van der Waals surface area contributed by atoms with Crippen molar-refractivity contribution >= 4 is 0 Å². The molecule has 0 aliphatic heterocycles. The summed E-state index contributed by atoms with van der Waals surface area (Å²) in [5.41, 5.74) is 0. The smallest absolute Gasteiger partial charge is 0.0949 e. The fourth-order valence-corrected chi connectivity index (χ4v) is 3.01. The third-order valence-electron chi connectivity index (χ3n) is 4.06. The molecule has 0 bridgehead atoms. The molecule has 0 amide bonds. The molecular formula is C14H25N3. The standard InChI is InChI=1S/C14H25N3/c1-4-12(11(2)3)16-13-6-5-7-14(13)17-9-8-15-10-17/h8-14,16H,4-7H2,1-3H3. The Balaban J connectivity index is 2.00. The average molecular weight is 235 g/mol. The molecule has 96 valence electrons.